The Hall–Kier alpha value is -1.59. The van der Waals surface area contributed by atoms with Crippen LogP contribution in [0.5, 0.6) is 0 Å². The number of amides is 1. The Morgan fingerprint density at radius 1 is 1.40 bits per heavy atom. The first kappa shape index (κ1) is 14.8. The largest absolute Gasteiger partial charge is 0.398 e. The predicted octanol–water partition coefficient (Wildman–Crippen LogP) is 0.948. The van der Waals surface area contributed by atoms with Crippen LogP contribution in [-0.2, 0) is 16.1 Å². The van der Waals surface area contributed by atoms with Crippen molar-refractivity contribution in [2.24, 2.45) is 0 Å². The number of para-hydroxylation sites is 1. The van der Waals surface area contributed by atoms with Crippen LogP contribution in [0, 0.1) is 0 Å². The van der Waals surface area contributed by atoms with E-state index < -0.39 is 0 Å². The zero-order valence-electron chi connectivity index (χ0n) is 12.2. The Balaban J connectivity index is 1.95. The first-order chi connectivity index (χ1) is 9.59. The summed E-state index contributed by atoms with van der Waals surface area (Å²) in [5, 5.41) is 0. The van der Waals surface area contributed by atoms with E-state index in [-0.39, 0.29) is 11.9 Å². The summed E-state index contributed by atoms with van der Waals surface area (Å²) in [6.45, 7) is 5.25. The Morgan fingerprint density at radius 2 is 2.05 bits per heavy atom. The van der Waals surface area contributed by atoms with Crippen molar-refractivity contribution < 1.29 is 9.53 Å². The Kier molecular flexibility index (Phi) is 4.98. The number of rotatable bonds is 4. The minimum Gasteiger partial charge on any atom is -0.398 e. The lowest BCUT2D eigenvalue weighted by atomic mass is 10.1. The second-order valence-electron chi connectivity index (χ2n) is 5.23. The molecule has 1 aliphatic rings. The molecule has 2 N–H and O–H groups in total. The lowest BCUT2D eigenvalue weighted by Crippen LogP contribution is -2.49. The quantitative estimate of drug-likeness (QED) is 0.832. The molecule has 2 rings (SSSR count). The van der Waals surface area contributed by atoms with Gasteiger partial charge in [0.15, 0.2) is 0 Å². The third-order valence-corrected chi connectivity index (χ3v) is 3.82. The van der Waals surface area contributed by atoms with Gasteiger partial charge in [0.25, 0.3) is 0 Å². The molecule has 0 radical (unpaired) electrons. The van der Waals surface area contributed by atoms with Gasteiger partial charge in [0.05, 0.1) is 19.3 Å². The van der Waals surface area contributed by atoms with E-state index in [1.54, 1.807) is 0 Å². The first-order valence-electron chi connectivity index (χ1n) is 6.99. The topological polar surface area (TPSA) is 58.8 Å². The van der Waals surface area contributed by atoms with E-state index in [9.17, 15) is 4.79 Å². The van der Waals surface area contributed by atoms with Gasteiger partial charge in [-0.2, -0.15) is 0 Å². The zero-order chi connectivity index (χ0) is 14.5. The molecule has 0 spiro atoms. The normalized spacial score (nSPS) is 17.2. The Bertz CT molecular complexity index is 458. The van der Waals surface area contributed by atoms with E-state index in [0.717, 1.165) is 11.3 Å². The van der Waals surface area contributed by atoms with Crippen LogP contribution in [0.1, 0.15) is 12.5 Å². The molecule has 0 saturated carbocycles. The Morgan fingerprint density at radius 3 is 2.70 bits per heavy atom. The van der Waals surface area contributed by atoms with Crippen LogP contribution in [0.15, 0.2) is 24.3 Å². The molecular formula is C15H23N3O2. The van der Waals surface area contributed by atoms with Crippen LogP contribution >= 0.6 is 0 Å². The summed E-state index contributed by atoms with van der Waals surface area (Å²) in [5.41, 5.74) is 7.77. The number of nitrogens with two attached hydrogens (primary N) is 1. The average molecular weight is 277 g/mol. The van der Waals surface area contributed by atoms with E-state index in [1.165, 1.54) is 0 Å². The van der Waals surface area contributed by atoms with E-state index >= 15 is 0 Å². The van der Waals surface area contributed by atoms with Crippen LogP contribution in [0.25, 0.3) is 0 Å². The summed E-state index contributed by atoms with van der Waals surface area (Å²) in [6, 6.07) is 7.61. The minimum absolute atomic E-state index is 0.158. The fourth-order valence-electron chi connectivity index (χ4n) is 2.32. The number of morpholine rings is 1. The van der Waals surface area contributed by atoms with E-state index in [0.29, 0.717) is 32.8 Å². The van der Waals surface area contributed by atoms with Crippen molar-refractivity contribution in [3.05, 3.63) is 29.8 Å². The second kappa shape index (κ2) is 6.72. The molecule has 1 heterocycles. The van der Waals surface area contributed by atoms with Gasteiger partial charge in [0, 0.05) is 25.3 Å². The third kappa shape index (κ3) is 3.49. The fourth-order valence-corrected chi connectivity index (χ4v) is 2.32. The molecular weight excluding hydrogens is 254 g/mol. The number of benzene rings is 1. The zero-order valence-corrected chi connectivity index (χ0v) is 12.2. The maximum atomic E-state index is 12.4. The number of nitrogens with zero attached hydrogens (tertiary/aromatic N) is 2. The molecule has 110 valence electrons. The maximum absolute atomic E-state index is 12.4. The molecule has 1 aromatic carbocycles. The molecule has 1 atom stereocenters. The highest BCUT2D eigenvalue weighted by Crippen LogP contribution is 2.15. The molecule has 0 aromatic heterocycles. The molecule has 20 heavy (non-hydrogen) atoms. The van der Waals surface area contributed by atoms with Crippen molar-refractivity contribution in [2.75, 3.05) is 39.1 Å². The number of anilines is 1. The minimum atomic E-state index is -0.160. The van der Waals surface area contributed by atoms with Crippen LogP contribution in [0.4, 0.5) is 5.69 Å². The monoisotopic (exact) mass is 277 g/mol. The molecule has 1 unspecified atom stereocenters. The highest BCUT2D eigenvalue weighted by Gasteiger charge is 2.25. The molecule has 0 aliphatic carbocycles. The van der Waals surface area contributed by atoms with Gasteiger partial charge < -0.3 is 15.4 Å². The van der Waals surface area contributed by atoms with Crippen molar-refractivity contribution in [3.63, 3.8) is 0 Å². The molecule has 1 aromatic rings. The smallest absolute Gasteiger partial charge is 0.239 e. The lowest BCUT2D eigenvalue weighted by Gasteiger charge is -2.32. The van der Waals surface area contributed by atoms with Crippen LogP contribution in [0.2, 0.25) is 0 Å². The summed E-state index contributed by atoms with van der Waals surface area (Å²) < 4.78 is 5.28. The standard InChI is InChI=1S/C15H23N3O2/c1-12(15(19)18-7-9-20-10-8-18)17(2)11-13-5-3-4-6-14(13)16/h3-6,12H,7-11,16H2,1-2H3. The predicted molar refractivity (Wildman–Crippen MR) is 79.2 cm³/mol. The number of hydrogen-bond donors (Lipinski definition) is 1. The SMILES string of the molecule is CC(C(=O)N1CCOCC1)N(C)Cc1ccccc1N. The summed E-state index contributed by atoms with van der Waals surface area (Å²) in [4.78, 5) is 16.3. The Labute approximate surface area is 120 Å². The maximum Gasteiger partial charge on any atom is 0.239 e. The van der Waals surface area contributed by atoms with Crippen LogP contribution in [0.3, 0.4) is 0 Å². The number of nitrogen functional groups attached to an aromatic ring is 1. The third-order valence-electron chi connectivity index (χ3n) is 3.82. The van der Waals surface area contributed by atoms with Crippen molar-refractivity contribution in [3.8, 4) is 0 Å². The van der Waals surface area contributed by atoms with Gasteiger partial charge in [-0.25, -0.2) is 0 Å². The fraction of sp³-hybridized carbons (Fsp3) is 0.533. The number of likely N-dealkylation sites (N-methyl/N-ethyl adjacent to an activating group) is 1. The van der Waals surface area contributed by atoms with Gasteiger partial charge in [0.2, 0.25) is 5.91 Å². The highest BCUT2D eigenvalue weighted by molar-refractivity contribution is 5.81. The molecule has 5 nitrogen and oxygen atoms in total. The summed E-state index contributed by atoms with van der Waals surface area (Å²) >= 11 is 0. The summed E-state index contributed by atoms with van der Waals surface area (Å²) in [5.74, 6) is 0.158. The number of carbonyl (C=O) groups excluding carboxylic acids is 1. The average Bonchev–Trinajstić information content (AvgIpc) is 2.49. The molecule has 1 fully saturated rings. The summed E-state index contributed by atoms with van der Waals surface area (Å²) in [6.07, 6.45) is 0. The summed E-state index contributed by atoms with van der Waals surface area (Å²) in [7, 11) is 1.95. The van der Waals surface area contributed by atoms with Gasteiger partial charge in [0.1, 0.15) is 0 Å². The molecule has 1 saturated heterocycles. The first-order valence-corrected chi connectivity index (χ1v) is 6.99. The number of carbonyl (C=O) groups is 1. The van der Waals surface area contributed by atoms with Gasteiger partial charge in [-0.05, 0) is 25.6 Å². The highest BCUT2D eigenvalue weighted by atomic mass is 16.5. The lowest BCUT2D eigenvalue weighted by molar-refractivity contribution is -0.140. The molecule has 1 amide bonds. The van der Waals surface area contributed by atoms with Crippen molar-refractivity contribution in [1.29, 1.82) is 0 Å². The van der Waals surface area contributed by atoms with Gasteiger partial charge in [-0.3, -0.25) is 9.69 Å². The van der Waals surface area contributed by atoms with Crippen molar-refractivity contribution in [1.82, 2.24) is 9.80 Å². The number of ether oxygens (including phenoxy) is 1. The van der Waals surface area contributed by atoms with E-state index in [1.807, 2.05) is 48.0 Å². The molecule has 1 aliphatic heterocycles. The second-order valence-corrected chi connectivity index (χ2v) is 5.23. The van der Waals surface area contributed by atoms with E-state index in [2.05, 4.69) is 0 Å². The van der Waals surface area contributed by atoms with E-state index in [4.69, 9.17) is 10.5 Å². The van der Waals surface area contributed by atoms with Gasteiger partial charge in [-0.1, -0.05) is 18.2 Å². The van der Waals surface area contributed by atoms with Gasteiger partial charge in [-0.15, -0.1) is 0 Å². The van der Waals surface area contributed by atoms with Crippen LogP contribution in [-0.4, -0.2) is 55.1 Å². The van der Waals surface area contributed by atoms with Crippen molar-refractivity contribution in [2.45, 2.75) is 19.5 Å². The van der Waals surface area contributed by atoms with Gasteiger partial charge >= 0.3 is 0 Å². The molecule has 5 heteroatoms. The van der Waals surface area contributed by atoms with Crippen molar-refractivity contribution >= 4 is 11.6 Å². The number of hydrogen-bond acceptors (Lipinski definition) is 4. The molecule has 0 bridgehead atoms. The van der Waals surface area contributed by atoms with Crippen LogP contribution < -0.4 is 5.73 Å².